The van der Waals surface area contributed by atoms with Crippen LogP contribution in [0.3, 0.4) is 0 Å². The molecule has 6 heteroatoms. The number of nitrogens with zero attached hydrogens (tertiary/aromatic N) is 1. The Morgan fingerprint density at radius 1 is 1.15 bits per heavy atom. The molecule has 0 amide bonds. The van der Waals surface area contributed by atoms with E-state index in [9.17, 15) is 15.3 Å². The van der Waals surface area contributed by atoms with Crippen LogP contribution in [0.5, 0.6) is 0 Å². The molecule has 4 N–H and O–H groups in total. The summed E-state index contributed by atoms with van der Waals surface area (Å²) in [4.78, 5) is 9.60. The van der Waals surface area contributed by atoms with Crippen molar-refractivity contribution in [3.63, 3.8) is 0 Å². The predicted octanol–water partition coefficient (Wildman–Crippen LogP) is 4.01. The maximum absolute atomic E-state index is 11.8. The molecule has 0 aromatic carbocycles. The van der Waals surface area contributed by atoms with E-state index in [1.807, 2.05) is 0 Å². The third-order valence-corrected chi connectivity index (χ3v) is 11.1. The fraction of sp³-hybridized carbons (Fsp3) is 0.889. The highest BCUT2D eigenvalue weighted by Gasteiger charge is 2.67. The van der Waals surface area contributed by atoms with E-state index < -0.39 is 12.2 Å². The Morgan fingerprint density at radius 3 is 2.58 bits per heavy atom. The van der Waals surface area contributed by atoms with E-state index in [2.05, 4.69) is 44.7 Å². The molecule has 0 saturated heterocycles. The van der Waals surface area contributed by atoms with Gasteiger partial charge in [-0.2, -0.15) is 4.99 Å². The lowest BCUT2D eigenvalue weighted by atomic mass is 9.40. The van der Waals surface area contributed by atoms with E-state index in [0.29, 0.717) is 23.6 Å². The molecule has 1 aliphatic heterocycles. The maximum atomic E-state index is 11.8. The summed E-state index contributed by atoms with van der Waals surface area (Å²) in [5.41, 5.74) is 2.90. The molecule has 186 valence electrons. The van der Waals surface area contributed by atoms with Crippen LogP contribution in [-0.2, 0) is 4.84 Å². The molecule has 0 radical (unpaired) electrons. The number of aliphatic imine (C=N–C) groups is 1. The molecule has 0 aromatic heterocycles. The van der Waals surface area contributed by atoms with E-state index >= 15 is 0 Å². The molecule has 0 aromatic rings. The number of nitrogens with one attached hydrogen (secondary N) is 1. The number of aliphatic hydroxyl groups is 3. The first-order valence-electron chi connectivity index (χ1n) is 13.3. The standard InChI is InChI=1S/C27H44N2O4/c1-6-17-20-12-16(30)9-10-26(20,4)24-21(31)13-27(5)18(7-8-19(27)23(24)25(17)32)14(2)11-22-28-15(3)33-29-22/h14,16-21,23-25,30-32H,3,6-13H2,1-2,4-5H3,(H,28,29)/t14-,16-,17-,18-,19?,20+,21?,23?,24?,25?,26+,27-/m1/s1. The molecule has 1 heterocycles. The number of hydrogen-bond donors (Lipinski definition) is 4. The second-order valence-electron chi connectivity index (χ2n) is 12.6. The molecule has 0 bridgehead atoms. The van der Waals surface area contributed by atoms with Crippen LogP contribution >= 0.6 is 0 Å². The minimum absolute atomic E-state index is 0.00550. The topological polar surface area (TPSA) is 94.3 Å². The van der Waals surface area contributed by atoms with Crippen LogP contribution in [0.15, 0.2) is 17.5 Å². The van der Waals surface area contributed by atoms with Gasteiger partial charge >= 0.3 is 0 Å². The van der Waals surface area contributed by atoms with Gasteiger partial charge in [0.05, 0.1) is 18.3 Å². The van der Waals surface area contributed by atoms with Crippen LogP contribution in [0, 0.1) is 52.3 Å². The lowest BCUT2D eigenvalue weighted by Gasteiger charge is -2.66. The van der Waals surface area contributed by atoms with Crippen LogP contribution in [0.25, 0.3) is 0 Å². The summed E-state index contributed by atoms with van der Waals surface area (Å²) in [5, 5.41) is 34.0. The molecule has 5 rings (SSSR count). The van der Waals surface area contributed by atoms with Crippen LogP contribution in [0.4, 0.5) is 0 Å². The van der Waals surface area contributed by atoms with Crippen molar-refractivity contribution in [3.05, 3.63) is 12.5 Å². The second-order valence-corrected chi connectivity index (χ2v) is 12.6. The average Bonchev–Trinajstić information content (AvgIpc) is 3.31. The highest BCUT2D eigenvalue weighted by molar-refractivity contribution is 5.83. The van der Waals surface area contributed by atoms with E-state index in [1.54, 1.807) is 0 Å². The number of aliphatic hydroxyl groups excluding tert-OH is 3. The summed E-state index contributed by atoms with van der Waals surface area (Å²) in [6, 6.07) is 0. The molecule has 5 unspecified atom stereocenters. The van der Waals surface area contributed by atoms with Crippen molar-refractivity contribution in [1.82, 2.24) is 5.48 Å². The monoisotopic (exact) mass is 460 g/mol. The molecular formula is C27H44N2O4. The van der Waals surface area contributed by atoms with Crippen molar-refractivity contribution in [2.24, 2.45) is 57.2 Å². The minimum atomic E-state index is -0.399. The summed E-state index contributed by atoms with van der Waals surface area (Å²) in [5.74, 6) is 3.32. The third kappa shape index (κ3) is 3.49. The quantitative estimate of drug-likeness (QED) is 0.508. The highest BCUT2D eigenvalue weighted by atomic mass is 16.7. The Morgan fingerprint density at radius 2 is 1.91 bits per heavy atom. The number of fused-ring (bicyclic) bond motifs is 5. The highest BCUT2D eigenvalue weighted by Crippen LogP contribution is 2.69. The average molecular weight is 461 g/mol. The van der Waals surface area contributed by atoms with Crippen molar-refractivity contribution < 1.29 is 20.2 Å². The molecule has 4 fully saturated rings. The Kier molecular flexibility index (Phi) is 5.90. The van der Waals surface area contributed by atoms with Crippen molar-refractivity contribution in [1.29, 1.82) is 0 Å². The molecule has 0 spiro atoms. The van der Waals surface area contributed by atoms with Crippen molar-refractivity contribution in [3.8, 4) is 0 Å². The number of hydroxylamine groups is 1. The fourth-order valence-corrected chi connectivity index (χ4v) is 9.90. The zero-order chi connectivity index (χ0) is 23.7. The van der Waals surface area contributed by atoms with Gasteiger partial charge in [-0.05, 0) is 97.4 Å². The second kappa shape index (κ2) is 8.23. The van der Waals surface area contributed by atoms with Crippen molar-refractivity contribution in [2.75, 3.05) is 0 Å². The van der Waals surface area contributed by atoms with Crippen LogP contribution in [0.1, 0.15) is 79.1 Å². The van der Waals surface area contributed by atoms with Crippen molar-refractivity contribution >= 4 is 5.84 Å². The van der Waals surface area contributed by atoms with E-state index in [0.717, 1.165) is 57.2 Å². The van der Waals surface area contributed by atoms with Gasteiger partial charge in [0.1, 0.15) is 5.84 Å². The Balaban J connectivity index is 1.45. The SMILES string of the molecule is C=C1N=C(C[C@@H](C)[C@H]2CCC3C4C(O)[C@H](CC)[C@@H]5C[C@H](O)CC[C@]5(C)C4C(O)C[C@@]32C)NO1. The van der Waals surface area contributed by atoms with Gasteiger partial charge in [-0.15, -0.1) is 0 Å². The van der Waals surface area contributed by atoms with Gasteiger partial charge in [-0.1, -0.05) is 34.1 Å². The first kappa shape index (κ1) is 23.6. The maximum Gasteiger partial charge on any atom is 0.240 e. The number of amidine groups is 1. The third-order valence-electron chi connectivity index (χ3n) is 11.1. The van der Waals surface area contributed by atoms with Crippen LogP contribution in [0.2, 0.25) is 0 Å². The first-order valence-corrected chi connectivity index (χ1v) is 13.3. The van der Waals surface area contributed by atoms with Crippen molar-refractivity contribution in [2.45, 2.75) is 97.4 Å². The molecular weight excluding hydrogens is 416 g/mol. The first-order chi connectivity index (χ1) is 15.6. The fourth-order valence-electron chi connectivity index (χ4n) is 9.90. The Labute approximate surface area is 198 Å². The molecule has 33 heavy (non-hydrogen) atoms. The molecule has 4 aliphatic carbocycles. The largest absolute Gasteiger partial charge is 0.393 e. The van der Waals surface area contributed by atoms with Gasteiger partial charge < -0.3 is 20.2 Å². The molecule has 5 aliphatic rings. The van der Waals surface area contributed by atoms with Gasteiger partial charge in [0.2, 0.25) is 5.88 Å². The zero-order valence-corrected chi connectivity index (χ0v) is 20.8. The van der Waals surface area contributed by atoms with E-state index in [-0.39, 0.29) is 40.6 Å². The van der Waals surface area contributed by atoms with Gasteiger partial charge in [-0.3, -0.25) is 0 Å². The van der Waals surface area contributed by atoms with Crippen LogP contribution < -0.4 is 5.48 Å². The summed E-state index contributed by atoms with van der Waals surface area (Å²) >= 11 is 0. The van der Waals surface area contributed by atoms with Gasteiger partial charge in [0.15, 0.2) is 0 Å². The van der Waals surface area contributed by atoms with E-state index in [1.165, 1.54) is 0 Å². The van der Waals surface area contributed by atoms with Crippen LogP contribution in [-0.4, -0.2) is 39.5 Å². The lowest BCUT2D eigenvalue weighted by molar-refractivity contribution is -0.235. The smallest absolute Gasteiger partial charge is 0.240 e. The molecule has 12 atom stereocenters. The number of rotatable bonds is 4. The Bertz CT molecular complexity index is 816. The Hall–Kier alpha value is -1.11. The van der Waals surface area contributed by atoms with Gasteiger partial charge in [-0.25, -0.2) is 5.48 Å². The van der Waals surface area contributed by atoms with Gasteiger partial charge in [0, 0.05) is 6.42 Å². The summed E-state index contributed by atoms with van der Waals surface area (Å²) < 4.78 is 0. The van der Waals surface area contributed by atoms with Gasteiger partial charge in [0.25, 0.3) is 0 Å². The minimum Gasteiger partial charge on any atom is -0.393 e. The summed E-state index contributed by atoms with van der Waals surface area (Å²) in [6.07, 6.45) is 6.31. The summed E-state index contributed by atoms with van der Waals surface area (Å²) in [6.45, 7) is 13.0. The lowest BCUT2D eigenvalue weighted by Crippen LogP contribution is -2.65. The number of hydrogen-bond acceptors (Lipinski definition) is 6. The predicted molar refractivity (Wildman–Crippen MR) is 128 cm³/mol. The van der Waals surface area contributed by atoms with E-state index in [4.69, 9.17) is 4.84 Å². The zero-order valence-electron chi connectivity index (χ0n) is 20.8. The normalized spacial score (nSPS) is 52.2. The summed E-state index contributed by atoms with van der Waals surface area (Å²) in [7, 11) is 0. The molecule has 6 nitrogen and oxygen atoms in total. The molecule has 4 saturated carbocycles.